The molecule has 4 aliphatic rings. The number of carbonyl (C=O) groups excluding carboxylic acids is 3. The highest BCUT2D eigenvalue weighted by molar-refractivity contribution is 6.22. The molecule has 0 spiro atoms. The van der Waals surface area contributed by atoms with Crippen molar-refractivity contribution in [3.05, 3.63) is 76.1 Å². The van der Waals surface area contributed by atoms with Crippen LogP contribution in [0.25, 0.3) is 5.76 Å². The second-order valence-electron chi connectivity index (χ2n) is 11.6. The number of carbonyl (C=O) groups is 3. The number of hydrogen-bond acceptors (Lipinski definition) is 9. The first-order valence-electron chi connectivity index (χ1n) is 13.9. The van der Waals surface area contributed by atoms with Gasteiger partial charge in [-0.15, -0.1) is 0 Å². The Morgan fingerprint density at radius 3 is 2.41 bits per heavy atom. The summed E-state index contributed by atoms with van der Waals surface area (Å²) in [5.74, 6) is -6.22. The van der Waals surface area contributed by atoms with Gasteiger partial charge >= 0.3 is 0 Å². The number of ketones is 2. The summed E-state index contributed by atoms with van der Waals surface area (Å²) in [5.41, 5.74) is 4.18. The van der Waals surface area contributed by atoms with E-state index in [1.54, 1.807) is 12.1 Å². The van der Waals surface area contributed by atoms with Gasteiger partial charge in [-0.25, -0.2) is 0 Å². The number of phenolic OH excluding ortho intramolecular Hbond substituents is 1. The predicted molar refractivity (Wildman–Crippen MR) is 150 cm³/mol. The number of fused-ring (bicyclic) bond motifs is 3. The third-order valence-electron chi connectivity index (χ3n) is 9.13. The molecule has 1 aliphatic heterocycles. The quantitative estimate of drug-likeness (QED) is 0.238. The Labute approximate surface area is 236 Å². The Bertz CT molecular complexity index is 1510. The van der Waals surface area contributed by atoms with E-state index < -0.39 is 52.0 Å². The lowest BCUT2D eigenvalue weighted by molar-refractivity contribution is -0.147. The van der Waals surface area contributed by atoms with Gasteiger partial charge in [0.2, 0.25) is 5.78 Å². The largest absolute Gasteiger partial charge is 0.508 e. The predicted octanol–water partition coefficient (Wildman–Crippen LogP) is 2.50. The summed E-state index contributed by atoms with van der Waals surface area (Å²) in [7, 11) is 0. The van der Waals surface area contributed by atoms with E-state index in [0.29, 0.717) is 17.7 Å². The van der Waals surface area contributed by atoms with Gasteiger partial charge in [-0.3, -0.25) is 19.3 Å². The zero-order chi connectivity index (χ0) is 29.1. The number of phenols is 1. The maximum atomic E-state index is 13.7. The van der Waals surface area contributed by atoms with Gasteiger partial charge in [0.05, 0.1) is 11.3 Å². The monoisotopic (exact) mass is 559 g/mol. The van der Waals surface area contributed by atoms with Gasteiger partial charge in [-0.2, -0.15) is 0 Å². The number of aliphatic hydroxyl groups is 3. The Morgan fingerprint density at radius 2 is 1.73 bits per heavy atom. The van der Waals surface area contributed by atoms with Crippen molar-refractivity contribution in [1.82, 2.24) is 4.90 Å². The van der Waals surface area contributed by atoms with Crippen LogP contribution < -0.4 is 11.1 Å². The number of benzene rings is 2. The zero-order valence-corrected chi connectivity index (χ0v) is 22.5. The fourth-order valence-corrected chi connectivity index (χ4v) is 7.01. The van der Waals surface area contributed by atoms with E-state index in [1.807, 2.05) is 18.2 Å². The summed E-state index contributed by atoms with van der Waals surface area (Å²) in [6.45, 7) is 2.65. The van der Waals surface area contributed by atoms with E-state index in [-0.39, 0.29) is 35.8 Å². The van der Waals surface area contributed by atoms with Crippen molar-refractivity contribution in [1.29, 1.82) is 0 Å². The summed E-state index contributed by atoms with van der Waals surface area (Å²) in [6, 6.07) is 13.9. The van der Waals surface area contributed by atoms with Gasteiger partial charge in [0.1, 0.15) is 22.8 Å². The van der Waals surface area contributed by atoms with Gasteiger partial charge in [0, 0.05) is 43.6 Å². The maximum absolute atomic E-state index is 13.7. The average Bonchev–Trinajstić information content (AvgIpc) is 2.93. The maximum Gasteiger partial charge on any atom is 0.255 e. The van der Waals surface area contributed by atoms with Crippen molar-refractivity contribution in [2.45, 2.75) is 50.3 Å². The van der Waals surface area contributed by atoms with Gasteiger partial charge in [0.25, 0.3) is 5.91 Å². The van der Waals surface area contributed by atoms with Gasteiger partial charge in [0.15, 0.2) is 11.4 Å². The van der Waals surface area contributed by atoms with E-state index in [4.69, 9.17) is 5.73 Å². The molecule has 1 amide bonds. The molecule has 2 aromatic rings. The van der Waals surface area contributed by atoms with Crippen LogP contribution in [0.4, 0.5) is 5.69 Å². The number of amides is 1. The van der Waals surface area contributed by atoms with Crippen molar-refractivity contribution >= 4 is 28.9 Å². The van der Waals surface area contributed by atoms with Gasteiger partial charge in [-0.1, -0.05) is 36.4 Å². The first-order valence-corrected chi connectivity index (χ1v) is 13.9. The molecule has 10 nitrogen and oxygen atoms in total. The summed E-state index contributed by atoms with van der Waals surface area (Å²) >= 11 is 0. The highest BCUT2D eigenvalue weighted by Gasteiger charge is 2.60. The van der Waals surface area contributed by atoms with Crippen molar-refractivity contribution in [2.75, 3.05) is 18.4 Å². The molecule has 6 rings (SSSR count). The van der Waals surface area contributed by atoms with Gasteiger partial charge < -0.3 is 31.5 Å². The van der Waals surface area contributed by atoms with Crippen LogP contribution in [-0.4, -0.2) is 67.5 Å². The van der Waals surface area contributed by atoms with Crippen LogP contribution in [0.3, 0.4) is 0 Å². The van der Waals surface area contributed by atoms with Crippen molar-refractivity contribution in [2.24, 2.45) is 17.6 Å². The Balaban J connectivity index is 1.25. The molecule has 41 heavy (non-hydrogen) atoms. The number of Topliss-reactive ketones (excluding diaryl/α,β-unsaturated/α-hetero) is 2. The second-order valence-corrected chi connectivity index (χ2v) is 11.6. The average molecular weight is 560 g/mol. The third-order valence-corrected chi connectivity index (χ3v) is 9.13. The molecule has 2 aromatic carbocycles. The minimum absolute atomic E-state index is 0.101. The van der Waals surface area contributed by atoms with Crippen molar-refractivity contribution in [3.63, 3.8) is 0 Å². The van der Waals surface area contributed by atoms with Crippen LogP contribution in [0.15, 0.2) is 59.4 Å². The topological polar surface area (TPSA) is 173 Å². The molecule has 2 fully saturated rings. The van der Waals surface area contributed by atoms with Crippen LogP contribution in [0.5, 0.6) is 5.75 Å². The van der Waals surface area contributed by atoms with Crippen molar-refractivity contribution < 1.29 is 34.8 Å². The molecule has 3 aliphatic carbocycles. The molecule has 3 atom stereocenters. The molecule has 3 unspecified atom stereocenters. The van der Waals surface area contributed by atoms with Crippen molar-refractivity contribution in [3.8, 4) is 5.75 Å². The molecule has 214 valence electrons. The van der Waals surface area contributed by atoms with E-state index in [1.165, 1.54) is 5.56 Å². The number of rotatable bonds is 5. The second kappa shape index (κ2) is 10.0. The van der Waals surface area contributed by atoms with E-state index in [2.05, 4.69) is 22.3 Å². The fraction of sp³-hybridized carbons (Fsp3) is 0.387. The molecule has 0 bridgehead atoms. The summed E-state index contributed by atoms with van der Waals surface area (Å²) < 4.78 is 0. The first-order chi connectivity index (χ1) is 19.6. The third kappa shape index (κ3) is 4.38. The Morgan fingerprint density at radius 1 is 1.02 bits per heavy atom. The normalized spacial score (nSPS) is 26.9. The number of aliphatic hydroxyl groups excluding tert-OH is 2. The van der Waals surface area contributed by atoms with Crippen LogP contribution in [0, 0.1) is 11.8 Å². The molecule has 0 radical (unpaired) electrons. The SMILES string of the molecule is NC(=O)C1=C(O)C2(O)C(=O)C3=C(O)c4c(ccc(NC5CCN(Cc6ccccc6)CC5)c4O)CC3CC2CC1=O. The number of aromatic hydroxyl groups is 1. The number of nitrogens with two attached hydrogens (primary N) is 1. The summed E-state index contributed by atoms with van der Waals surface area (Å²) in [6.07, 6.45) is 1.79. The summed E-state index contributed by atoms with van der Waals surface area (Å²) in [4.78, 5) is 40.3. The zero-order valence-electron chi connectivity index (χ0n) is 22.5. The smallest absolute Gasteiger partial charge is 0.255 e. The van der Waals surface area contributed by atoms with E-state index in [9.17, 15) is 34.8 Å². The molecular weight excluding hydrogens is 526 g/mol. The van der Waals surface area contributed by atoms with Gasteiger partial charge in [-0.05, 0) is 48.8 Å². The van der Waals surface area contributed by atoms with Crippen LogP contribution in [0.2, 0.25) is 0 Å². The molecule has 1 saturated heterocycles. The Kier molecular flexibility index (Phi) is 6.62. The van der Waals surface area contributed by atoms with Crippen LogP contribution in [-0.2, 0) is 27.3 Å². The molecular formula is C31H33N3O7. The standard InChI is InChI=1S/C31H33N3O7/c32-30(40)25-22(35)14-19-13-18-12-17-6-7-21(26(36)23(17)27(37)24(18)28(38)31(19,41)29(25)39)33-20-8-10-34(11-9-20)15-16-4-2-1-3-5-16/h1-7,18-20,33,36-37,39,41H,8-15H2,(H2,32,40). The molecule has 7 N–H and O–H groups in total. The highest BCUT2D eigenvalue weighted by atomic mass is 16.3. The first kappa shape index (κ1) is 27.0. The Hall–Kier alpha value is -4.15. The molecule has 0 aromatic heterocycles. The minimum Gasteiger partial charge on any atom is -0.508 e. The highest BCUT2D eigenvalue weighted by Crippen LogP contribution is 2.52. The lowest BCUT2D eigenvalue weighted by Crippen LogP contribution is -2.58. The van der Waals surface area contributed by atoms with E-state index in [0.717, 1.165) is 32.5 Å². The number of anilines is 1. The fourth-order valence-electron chi connectivity index (χ4n) is 7.01. The molecule has 1 saturated carbocycles. The number of piperidine rings is 1. The number of nitrogens with zero attached hydrogens (tertiary/aromatic N) is 1. The lowest BCUT2D eigenvalue weighted by Gasteiger charge is -2.46. The molecule has 10 heteroatoms. The number of nitrogens with one attached hydrogen (secondary N) is 1. The lowest BCUT2D eigenvalue weighted by atomic mass is 9.59. The van der Waals surface area contributed by atoms with Crippen LogP contribution in [0.1, 0.15) is 42.4 Å². The van der Waals surface area contributed by atoms with E-state index >= 15 is 0 Å². The summed E-state index contributed by atoms with van der Waals surface area (Å²) in [5, 5.41) is 48.1. The number of hydrogen-bond donors (Lipinski definition) is 6. The molecule has 1 heterocycles. The number of likely N-dealkylation sites (tertiary alicyclic amines) is 1. The van der Waals surface area contributed by atoms with Crippen LogP contribution >= 0.6 is 0 Å². The number of primary amides is 1. The minimum atomic E-state index is -2.56.